The number of fused-ring (bicyclic) bond motifs is 2. The molecule has 2 aromatic rings. The molecule has 0 radical (unpaired) electrons. The minimum atomic E-state index is -0.243. The van der Waals surface area contributed by atoms with E-state index in [0.717, 1.165) is 33.2 Å². The summed E-state index contributed by atoms with van der Waals surface area (Å²) in [5.41, 5.74) is 1.92. The lowest BCUT2D eigenvalue weighted by Gasteiger charge is -2.15. The standard InChI is InChI=1S/C18H18FNOS/c1-20(2)9-10-21-16-11-13-5-3-4-6-17(13)22-18-8-7-14(19)12-15(16)18/h3-8,11-12H,9-10H2,1-2H3. The second-order valence-electron chi connectivity index (χ2n) is 5.44. The summed E-state index contributed by atoms with van der Waals surface area (Å²) in [6.07, 6.45) is 2.00. The van der Waals surface area contributed by atoms with Crippen LogP contribution < -0.4 is 0 Å². The van der Waals surface area contributed by atoms with Gasteiger partial charge < -0.3 is 9.64 Å². The molecule has 4 heteroatoms. The summed E-state index contributed by atoms with van der Waals surface area (Å²) in [5, 5.41) is 0. The van der Waals surface area contributed by atoms with E-state index in [-0.39, 0.29) is 5.82 Å². The molecule has 2 nitrogen and oxygen atoms in total. The predicted molar refractivity (Wildman–Crippen MR) is 89.3 cm³/mol. The largest absolute Gasteiger partial charge is 0.492 e. The average molecular weight is 315 g/mol. The van der Waals surface area contributed by atoms with Gasteiger partial charge in [0.25, 0.3) is 0 Å². The van der Waals surface area contributed by atoms with Crippen molar-refractivity contribution >= 4 is 23.6 Å². The van der Waals surface area contributed by atoms with Crippen LogP contribution in [0, 0.1) is 5.82 Å². The number of nitrogens with zero attached hydrogens (tertiary/aromatic N) is 1. The van der Waals surface area contributed by atoms with Crippen LogP contribution in [-0.2, 0) is 4.74 Å². The quantitative estimate of drug-likeness (QED) is 0.831. The summed E-state index contributed by atoms with van der Waals surface area (Å²) in [6, 6.07) is 13.0. The fourth-order valence-electron chi connectivity index (χ4n) is 2.27. The minimum Gasteiger partial charge on any atom is -0.492 e. The van der Waals surface area contributed by atoms with Gasteiger partial charge in [0, 0.05) is 21.9 Å². The molecule has 114 valence electrons. The Balaban J connectivity index is 2.00. The van der Waals surface area contributed by atoms with Crippen molar-refractivity contribution in [1.82, 2.24) is 4.90 Å². The van der Waals surface area contributed by atoms with Gasteiger partial charge in [-0.3, -0.25) is 0 Å². The summed E-state index contributed by atoms with van der Waals surface area (Å²) in [7, 11) is 4.01. The Morgan fingerprint density at radius 3 is 2.73 bits per heavy atom. The van der Waals surface area contributed by atoms with Crippen LogP contribution in [0.2, 0.25) is 0 Å². The fourth-order valence-corrected chi connectivity index (χ4v) is 3.31. The van der Waals surface area contributed by atoms with Crippen molar-refractivity contribution < 1.29 is 9.13 Å². The predicted octanol–water partition coefficient (Wildman–Crippen LogP) is 4.37. The van der Waals surface area contributed by atoms with E-state index < -0.39 is 0 Å². The molecule has 0 unspecified atom stereocenters. The van der Waals surface area contributed by atoms with E-state index in [1.807, 2.05) is 38.4 Å². The molecule has 0 amide bonds. The van der Waals surface area contributed by atoms with E-state index in [9.17, 15) is 4.39 Å². The normalized spacial score (nSPS) is 13.2. The van der Waals surface area contributed by atoms with Gasteiger partial charge in [-0.2, -0.15) is 0 Å². The number of benzene rings is 2. The van der Waals surface area contributed by atoms with Crippen LogP contribution in [-0.4, -0.2) is 32.1 Å². The molecule has 0 fully saturated rings. The van der Waals surface area contributed by atoms with Crippen molar-refractivity contribution in [3.8, 4) is 0 Å². The second-order valence-corrected chi connectivity index (χ2v) is 6.52. The molecular weight excluding hydrogens is 297 g/mol. The second kappa shape index (κ2) is 6.55. The van der Waals surface area contributed by atoms with Crippen molar-refractivity contribution in [2.75, 3.05) is 27.2 Å². The van der Waals surface area contributed by atoms with Gasteiger partial charge in [-0.15, -0.1) is 0 Å². The van der Waals surface area contributed by atoms with Gasteiger partial charge in [0.1, 0.15) is 18.2 Å². The molecule has 3 rings (SSSR count). The van der Waals surface area contributed by atoms with Crippen LogP contribution >= 0.6 is 11.8 Å². The molecule has 22 heavy (non-hydrogen) atoms. The highest BCUT2D eigenvalue weighted by molar-refractivity contribution is 7.99. The SMILES string of the molecule is CN(C)CCOC1=Cc2ccccc2Sc2ccc(F)cc21. The van der Waals surface area contributed by atoms with Crippen molar-refractivity contribution in [2.24, 2.45) is 0 Å². The summed E-state index contributed by atoms with van der Waals surface area (Å²) >= 11 is 1.65. The topological polar surface area (TPSA) is 12.5 Å². The lowest BCUT2D eigenvalue weighted by Crippen LogP contribution is -2.17. The van der Waals surface area contributed by atoms with Crippen LogP contribution in [0.4, 0.5) is 4.39 Å². The first-order valence-corrected chi connectivity index (χ1v) is 8.01. The number of halogens is 1. The van der Waals surface area contributed by atoms with Crippen LogP contribution in [0.1, 0.15) is 11.1 Å². The van der Waals surface area contributed by atoms with E-state index >= 15 is 0 Å². The number of rotatable bonds is 4. The number of hydrogen-bond donors (Lipinski definition) is 0. The van der Waals surface area contributed by atoms with E-state index in [2.05, 4.69) is 17.0 Å². The lowest BCUT2D eigenvalue weighted by atomic mass is 10.1. The van der Waals surface area contributed by atoms with Crippen LogP contribution in [0.3, 0.4) is 0 Å². The van der Waals surface area contributed by atoms with Crippen LogP contribution in [0.25, 0.3) is 11.8 Å². The van der Waals surface area contributed by atoms with Gasteiger partial charge in [-0.1, -0.05) is 30.0 Å². The molecule has 0 aromatic heterocycles. The molecule has 0 saturated heterocycles. The number of likely N-dealkylation sites (N-methyl/N-ethyl adjacent to an activating group) is 1. The first-order valence-electron chi connectivity index (χ1n) is 7.19. The first-order chi connectivity index (χ1) is 10.6. The highest BCUT2D eigenvalue weighted by Crippen LogP contribution is 2.40. The maximum absolute atomic E-state index is 13.7. The van der Waals surface area contributed by atoms with Gasteiger partial charge >= 0.3 is 0 Å². The molecule has 2 aromatic carbocycles. The van der Waals surface area contributed by atoms with Gasteiger partial charge in [0.05, 0.1) is 0 Å². The van der Waals surface area contributed by atoms with Gasteiger partial charge in [-0.25, -0.2) is 4.39 Å². The third-order valence-electron chi connectivity index (χ3n) is 3.43. The minimum absolute atomic E-state index is 0.243. The Bertz CT molecular complexity index is 712. The average Bonchev–Trinajstić information content (AvgIpc) is 2.64. The number of ether oxygens (including phenoxy) is 1. The van der Waals surface area contributed by atoms with Gasteiger partial charge in [-0.05, 0) is 50.0 Å². The Kier molecular flexibility index (Phi) is 4.50. The summed E-state index contributed by atoms with van der Waals surface area (Å²) < 4.78 is 19.6. The van der Waals surface area contributed by atoms with Crippen molar-refractivity contribution in [3.05, 3.63) is 59.4 Å². The molecule has 0 saturated carbocycles. The third kappa shape index (κ3) is 3.34. The van der Waals surface area contributed by atoms with E-state index in [0.29, 0.717) is 6.61 Å². The zero-order valence-electron chi connectivity index (χ0n) is 12.7. The van der Waals surface area contributed by atoms with Gasteiger partial charge in [0.2, 0.25) is 0 Å². The molecule has 0 atom stereocenters. The maximum atomic E-state index is 13.7. The monoisotopic (exact) mass is 315 g/mol. The van der Waals surface area contributed by atoms with E-state index in [1.165, 1.54) is 6.07 Å². The highest BCUT2D eigenvalue weighted by Gasteiger charge is 2.17. The Morgan fingerprint density at radius 2 is 1.91 bits per heavy atom. The van der Waals surface area contributed by atoms with Crippen LogP contribution in [0.5, 0.6) is 0 Å². The maximum Gasteiger partial charge on any atom is 0.128 e. The molecule has 1 aliphatic rings. The van der Waals surface area contributed by atoms with Crippen molar-refractivity contribution in [2.45, 2.75) is 9.79 Å². The molecule has 1 heterocycles. The molecule has 0 bridgehead atoms. The number of hydrogen-bond acceptors (Lipinski definition) is 3. The molecular formula is C18H18FNOS. The Morgan fingerprint density at radius 1 is 1.09 bits per heavy atom. The Hall–Kier alpha value is -1.78. The summed E-state index contributed by atoms with van der Waals surface area (Å²) in [6.45, 7) is 1.39. The summed E-state index contributed by atoms with van der Waals surface area (Å²) in [5.74, 6) is 0.487. The molecule has 0 N–H and O–H groups in total. The third-order valence-corrected chi connectivity index (χ3v) is 4.60. The van der Waals surface area contributed by atoms with E-state index in [4.69, 9.17) is 4.74 Å². The molecule has 0 spiro atoms. The zero-order chi connectivity index (χ0) is 15.5. The zero-order valence-corrected chi connectivity index (χ0v) is 13.5. The van der Waals surface area contributed by atoms with Crippen molar-refractivity contribution in [3.63, 3.8) is 0 Å². The van der Waals surface area contributed by atoms with Gasteiger partial charge in [0.15, 0.2) is 0 Å². The molecule has 1 aliphatic heterocycles. The van der Waals surface area contributed by atoms with Crippen molar-refractivity contribution in [1.29, 1.82) is 0 Å². The highest BCUT2D eigenvalue weighted by atomic mass is 32.2. The Labute approximate surface area is 134 Å². The smallest absolute Gasteiger partial charge is 0.128 e. The summed E-state index contributed by atoms with van der Waals surface area (Å²) in [4.78, 5) is 4.23. The fraction of sp³-hybridized carbons (Fsp3) is 0.222. The van der Waals surface area contributed by atoms with Crippen LogP contribution in [0.15, 0.2) is 52.3 Å². The van der Waals surface area contributed by atoms with E-state index in [1.54, 1.807) is 17.8 Å². The lowest BCUT2D eigenvalue weighted by molar-refractivity contribution is 0.233. The first kappa shape index (κ1) is 15.1. The molecule has 0 aliphatic carbocycles.